The molecule has 0 N–H and O–H groups in total. The van der Waals surface area contributed by atoms with Gasteiger partial charge in [-0.25, -0.2) is 4.79 Å². The first-order valence-corrected chi connectivity index (χ1v) is 8.05. The van der Waals surface area contributed by atoms with Crippen molar-refractivity contribution >= 4 is 27.7 Å². The van der Waals surface area contributed by atoms with Crippen LogP contribution in [0.3, 0.4) is 0 Å². The highest BCUT2D eigenvalue weighted by Crippen LogP contribution is 2.28. The van der Waals surface area contributed by atoms with Gasteiger partial charge in [-0.2, -0.15) is 0 Å². The number of Topliss-reactive ketones (excluding diaryl/α,β-unsaturated/α-hetero) is 1. The molecule has 0 atom stereocenters. The van der Waals surface area contributed by atoms with Gasteiger partial charge in [-0.1, -0.05) is 0 Å². The van der Waals surface area contributed by atoms with Crippen molar-refractivity contribution in [2.75, 3.05) is 27.9 Å². The average molecular weight is 409 g/mol. The minimum Gasteiger partial charge on any atom is -0.496 e. The van der Waals surface area contributed by atoms with Crippen LogP contribution < -0.4 is 14.2 Å². The summed E-state index contributed by atoms with van der Waals surface area (Å²) in [5, 5.41) is 0. The number of halogens is 1. The van der Waals surface area contributed by atoms with E-state index in [9.17, 15) is 9.59 Å². The third-order valence-corrected chi connectivity index (χ3v) is 4.05. The first-order valence-electron chi connectivity index (χ1n) is 7.26. The molecular weight excluding hydrogens is 392 g/mol. The lowest BCUT2D eigenvalue weighted by molar-refractivity contribution is 0.0474. The lowest BCUT2D eigenvalue weighted by Crippen LogP contribution is -2.14. The summed E-state index contributed by atoms with van der Waals surface area (Å²) in [6.07, 6.45) is 0. The number of methoxy groups -OCH3 is 3. The summed E-state index contributed by atoms with van der Waals surface area (Å²) in [5.74, 6) is 0.593. The topological polar surface area (TPSA) is 71.1 Å². The molecule has 0 unspecified atom stereocenters. The second-order valence-corrected chi connectivity index (χ2v) is 5.77. The monoisotopic (exact) mass is 408 g/mol. The molecule has 132 valence electrons. The molecule has 2 aromatic rings. The second kappa shape index (κ2) is 8.53. The smallest absolute Gasteiger partial charge is 0.338 e. The van der Waals surface area contributed by atoms with E-state index in [0.29, 0.717) is 32.8 Å². The van der Waals surface area contributed by atoms with Gasteiger partial charge in [0.2, 0.25) is 0 Å². The van der Waals surface area contributed by atoms with Crippen LogP contribution in [0.2, 0.25) is 0 Å². The van der Waals surface area contributed by atoms with Gasteiger partial charge < -0.3 is 18.9 Å². The molecule has 7 heteroatoms. The summed E-state index contributed by atoms with van der Waals surface area (Å²) in [6, 6.07) is 9.51. The van der Waals surface area contributed by atoms with Gasteiger partial charge in [0, 0.05) is 5.56 Å². The number of ketones is 1. The highest BCUT2D eigenvalue weighted by Gasteiger charge is 2.15. The number of rotatable bonds is 7. The Balaban J connectivity index is 2.04. The third kappa shape index (κ3) is 4.51. The SMILES string of the molecule is COc1ccc(C(=O)OCC(=O)c2ccc(OC)c(OC)c2)cc1Br. The van der Waals surface area contributed by atoms with E-state index < -0.39 is 5.97 Å². The predicted octanol–water partition coefficient (Wildman–Crippen LogP) is 3.51. The zero-order chi connectivity index (χ0) is 18.4. The van der Waals surface area contributed by atoms with Gasteiger partial charge in [0.1, 0.15) is 5.75 Å². The molecule has 0 heterocycles. The van der Waals surface area contributed by atoms with Crippen LogP contribution in [-0.4, -0.2) is 39.7 Å². The van der Waals surface area contributed by atoms with Gasteiger partial charge in [-0.15, -0.1) is 0 Å². The summed E-state index contributed by atoms with van der Waals surface area (Å²) in [6.45, 7) is -0.377. The van der Waals surface area contributed by atoms with E-state index in [4.69, 9.17) is 18.9 Å². The Morgan fingerprint density at radius 3 is 2.04 bits per heavy atom. The molecule has 6 nitrogen and oxygen atoms in total. The Hall–Kier alpha value is -2.54. The van der Waals surface area contributed by atoms with Crippen LogP contribution in [0, 0.1) is 0 Å². The molecule has 0 fully saturated rings. The molecule has 0 aliphatic heterocycles. The van der Waals surface area contributed by atoms with Crippen LogP contribution >= 0.6 is 15.9 Å². The first-order chi connectivity index (χ1) is 12.0. The van der Waals surface area contributed by atoms with Gasteiger partial charge in [0.15, 0.2) is 23.9 Å². The number of ether oxygens (including phenoxy) is 4. The highest BCUT2D eigenvalue weighted by molar-refractivity contribution is 9.10. The maximum absolute atomic E-state index is 12.2. The molecular formula is C18H17BrO6. The standard InChI is InChI=1S/C18H17BrO6/c1-22-15-6-5-12(8-13(15)19)18(21)25-10-14(20)11-4-7-16(23-2)17(9-11)24-3/h4-9H,10H2,1-3H3. The van der Waals surface area contributed by atoms with Crippen molar-refractivity contribution in [2.24, 2.45) is 0 Å². The molecule has 0 aromatic heterocycles. The highest BCUT2D eigenvalue weighted by atomic mass is 79.9. The molecule has 0 saturated heterocycles. The average Bonchev–Trinajstić information content (AvgIpc) is 2.64. The predicted molar refractivity (Wildman–Crippen MR) is 94.9 cm³/mol. The summed E-state index contributed by atoms with van der Waals surface area (Å²) >= 11 is 3.30. The number of hydrogen-bond acceptors (Lipinski definition) is 6. The minimum atomic E-state index is -0.600. The van der Waals surface area contributed by atoms with E-state index in [1.807, 2.05) is 0 Å². The van der Waals surface area contributed by atoms with Gasteiger partial charge in [0.25, 0.3) is 0 Å². The summed E-state index contributed by atoms with van der Waals surface area (Å²) in [4.78, 5) is 24.3. The quantitative estimate of drug-likeness (QED) is 0.515. The number of benzene rings is 2. The van der Waals surface area contributed by atoms with Crippen molar-refractivity contribution in [3.05, 3.63) is 52.0 Å². The molecule has 0 amide bonds. The zero-order valence-electron chi connectivity index (χ0n) is 14.0. The molecule has 0 saturated carbocycles. The number of carbonyl (C=O) groups is 2. The Bertz CT molecular complexity index is 787. The van der Waals surface area contributed by atoms with E-state index >= 15 is 0 Å². The molecule has 0 bridgehead atoms. The molecule has 2 rings (SSSR count). The van der Waals surface area contributed by atoms with Crippen LogP contribution in [0.5, 0.6) is 17.2 Å². The minimum absolute atomic E-state index is 0.313. The van der Waals surface area contributed by atoms with E-state index in [2.05, 4.69) is 15.9 Å². The maximum atomic E-state index is 12.2. The number of carbonyl (C=O) groups excluding carboxylic acids is 2. The fourth-order valence-electron chi connectivity index (χ4n) is 2.10. The third-order valence-electron chi connectivity index (χ3n) is 3.43. The molecule has 0 aliphatic rings. The van der Waals surface area contributed by atoms with Crippen molar-refractivity contribution < 1.29 is 28.5 Å². The van der Waals surface area contributed by atoms with E-state index in [0.717, 1.165) is 0 Å². The van der Waals surface area contributed by atoms with E-state index in [-0.39, 0.29) is 12.4 Å². The van der Waals surface area contributed by atoms with Crippen molar-refractivity contribution in [3.63, 3.8) is 0 Å². The van der Waals surface area contributed by atoms with Crippen LogP contribution in [0.15, 0.2) is 40.9 Å². The van der Waals surface area contributed by atoms with Crippen molar-refractivity contribution in [1.29, 1.82) is 0 Å². The largest absolute Gasteiger partial charge is 0.496 e. The van der Waals surface area contributed by atoms with Gasteiger partial charge in [-0.05, 0) is 52.3 Å². The lowest BCUT2D eigenvalue weighted by atomic mass is 10.1. The molecule has 25 heavy (non-hydrogen) atoms. The maximum Gasteiger partial charge on any atom is 0.338 e. The normalized spacial score (nSPS) is 10.1. The van der Waals surface area contributed by atoms with Crippen molar-refractivity contribution in [2.45, 2.75) is 0 Å². The fraction of sp³-hybridized carbons (Fsp3) is 0.222. The molecule has 2 aromatic carbocycles. The van der Waals surface area contributed by atoms with Crippen LogP contribution in [0.1, 0.15) is 20.7 Å². The molecule has 0 radical (unpaired) electrons. The number of esters is 1. The first kappa shape index (κ1) is 18.8. The fourth-order valence-corrected chi connectivity index (χ4v) is 2.64. The Kier molecular flexibility index (Phi) is 6.41. The van der Waals surface area contributed by atoms with Crippen LogP contribution in [0.25, 0.3) is 0 Å². The Morgan fingerprint density at radius 2 is 1.44 bits per heavy atom. The molecule has 0 spiro atoms. The summed E-state index contributed by atoms with van der Waals surface area (Å²) < 4.78 is 21.1. The molecule has 0 aliphatic carbocycles. The Morgan fingerprint density at radius 1 is 0.840 bits per heavy atom. The van der Waals surface area contributed by atoms with Crippen LogP contribution in [-0.2, 0) is 4.74 Å². The summed E-state index contributed by atoms with van der Waals surface area (Å²) in [7, 11) is 4.52. The second-order valence-electron chi connectivity index (χ2n) is 4.92. The van der Waals surface area contributed by atoms with Crippen LogP contribution in [0.4, 0.5) is 0 Å². The van der Waals surface area contributed by atoms with E-state index in [1.165, 1.54) is 21.3 Å². The van der Waals surface area contributed by atoms with Gasteiger partial charge >= 0.3 is 5.97 Å². The Labute approximate surface area is 153 Å². The van der Waals surface area contributed by atoms with Crippen molar-refractivity contribution in [3.8, 4) is 17.2 Å². The summed E-state index contributed by atoms with van der Waals surface area (Å²) in [5.41, 5.74) is 0.675. The van der Waals surface area contributed by atoms with Gasteiger partial charge in [-0.3, -0.25) is 4.79 Å². The van der Waals surface area contributed by atoms with Gasteiger partial charge in [0.05, 0.1) is 31.4 Å². The van der Waals surface area contributed by atoms with Crippen molar-refractivity contribution in [1.82, 2.24) is 0 Å². The lowest BCUT2D eigenvalue weighted by Gasteiger charge is -2.10. The zero-order valence-corrected chi connectivity index (χ0v) is 15.6. The van der Waals surface area contributed by atoms with E-state index in [1.54, 1.807) is 36.4 Å². The number of hydrogen-bond donors (Lipinski definition) is 0.